The number of halogens is 5. The van der Waals surface area contributed by atoms with E-state index >= 15 is 0 Å². The Morgan fingerprint density at radius 3 is 2.43 bits per heavy atom. The van der Waals surface area contributed by atoms with Crippen LogP contribution in [0, 0.1) is 5.41 Å². The Kier molecular flexibility index (Phi) is 9.07. The normalized spacial score (nSPS) is 15.1. The first-order chi connectivity index (χ1) is 17.5. The molecule has 37 heavy (non-hydrogen) atoms. The quantitative estimate of drug-likeness (QED) is 0.240. The third-order valence-electron chi connectivity index (χ3n) is 5.45. The summed E-state index contributed by atoms with van der Waals surface area (Å²) in [4.78, 5) is 35.6. The lowest BCUT2D eigenvalue weighted by Crippen LogP contribution is -2.49. The standard InChI is InChI=1S/C21H25F5N8O3/c1-12(31-14-10-30-32-19(36)16(14)17(27)21(24,25)26)11-37-7-2-15(35)33-3-5-34(6-4-33)20-28-8-13(9-29-20)18(22)23/h8-10,12,18,27H,2-7,11H2,1H3,(H2,31,32,36). The molecule has 0 aliphatic carbocycles. The molecule has 0 saturated carbocycles. The number of rotatable bonds is 10. The van der Waals surface area contributed by atoms with Gasteiger partial charge in [0.15, 0.2) is 5.71 Å². The Morgan fingerprint density at radius 1 is 1.19 bits per heavy atom. The SMILES string of the molecule is CC(COCCC(=O)N1CCN(c2ncc(C(F)F)cn2)CC1)Nc1cn[nH]c(=O)c1C(=N)C(F)(F)F. The number of H-pyrrole nitrogens is 1. The van der Waals surface area contributed by atoms with E-state index < -0.39 is 35.5 Å². The summed E-state index contributed by atoms with van der Waals surface area (Å²) in [6.07, 6.45) is -4.46. The average molecular weight is 532 g/mol. The van der Waals surface area contributed by atoms with Gasteiger partial charge in [0, 0.05) is 44.6 Å². The van der Waals surface area contributed by atoms with Gasteiger partial charge in [-0.1, -0.05) is 0 Å². The lowest BCUT2D eigenvalue weighted by atomic mass is 10.1. The van der Waals surface area contributed by atoms with Crippen molar-refractivity contribution in [3.05, 3.63) is 40.1 Å². The van der Waals surface area contributed by atoms with E-state index in [1.165, 1.54) is 0 Å². The van der Waals surface area contributed by atoms with E-state index in [1.807, 2.05) is 5.10 Å². The van der Waals surface area contributed by atoms with Gasteiger partial charge in [-0.15, -0.1) is 0 Å². The van der Waals surface area contributed by atoms with Crippen LogP contribution >= 0.6 is 0 Å². The van der Waals surface area contributed by atoms with Crippen molar-refractivity contribution in [1.82, 2.24) is 25.1 Å². The maximum absolute atomic E-state index is 12.9. The number of alkyl halides is 5. The number of nitrogens with one attached hydrogen (secondary N) is 3. The van der Waals surface area contributed by atoms with Crippen molar-refractivity contribution in [1.29, 1.82) is 5.41 Å². The predicted molar refractivity (Wildman–Crippen MR) is 122 cm³/mol. The number of nitrogens with zero attached hydrogens (tertiary/aromatic N) is 5. The molecule has 1 atom stereocenters. The summed E-state index contributed by atoms with van der Waals surface area (Å²) in [7, 11) is 0. The minimum absolute atomic E-state index is 0.0125. The molecule has 202 valence electrons. The molecule has 3 heterocycles. The van der Waals surface area contributed by atoms with Crippen LogP contribution in [0.15, 0.2) is 23.4 Å². The van der Waals surface area contributed by atoms with Gasteiger partial charge in [-0.2, -0.15) is 18.3 Å². The molecule has 16 heteroatoms. The third-order valence-corrected chi connectivity index (χ3v) is 5.45. The minimum Gasteiger partial charge on any atom is -0.379 e. The second-order valence-electron chi connectivity index (χ2n) is 8.22. The first kappa shape index (κ1) is 27.9. The summed E-state index contributed by atoms with van der Waals surface area (Å²) >= 11 is 0. The lowest BCUT2D eigenvalue weighted by molar-refractivity contribution is -0.132. The van der Waals surface area contributed by atoms with Crippen LogP contribution in [0.3, 0.4) is 0 Å². The van der Waals surface area contributed by atoms with E-state index in [0.717, 1.165) is 18.6 Å². The fourth-order valence-electron chi connectivity index (χ4n) is 3.55. The molecule has 2 aromatic rings. The Balaban J connectivity index is 1.41. The number of anilines is 2. The highest BCUT2D eigenvalue weighted by molar-refractivity contribution is 6.06. The van der Waals surface area contributed by atoms with Crippen molar-refractivity contribution in [3.8, 4) is 0 Å². The van der Waals surface area contributed by atoms with E-state index in [4.69, 9.17) is 10.1 Å². The Bertz CT molecular complexity index is 1130. The van der Waals surface area contributed by atoms with E-state index in [2.05, 4.69) is 20.4 Å². The third kappa shape index (κ3) is 7.41. The van der Waals surface area contributed by atoms with E-state index in [1.54, 1.807) is 16.7 Å². The highest BCUT2D eigenvalue weighted by atomic mass is 19.4. The van der Waals surface area contributed by atoms with Crippen molar-refractivity contribution in [2.75, 3.05) is 49.6 Å². The highest BCUT2D eigenvalue weighted by Gasteiger charge is 2.38. The molecule has 0 radical (unpaired) electrons. The zero-order valence-corrected chi connectivity index (χ0v) is 19.7. The Hall–Kier alpha value is -3.69. The van der Waals surface area contributed by atoms with Crippen molar-refractivity contribution in [3.63, 3.8) is 0 Å². The van der Waals surface area contributed by atoms with Crippen LogP contribution in [-0.4, -0.2) is 88.3 Å². The molecule has 0 spiro atoms. The first-order valence-electron chi connectivity index (χ1n) is 11.2. The molecule has 3 N–H and O–H groups in total. The topological polar surface area (TPSA) is 140 Å². The average Bonchev–Trinajstić information content (AvgIpc) is 2.86. The summed E-state index contributed by atoms with van der Waals surface area (Å²) < 4.78 is 69.6. The van der Waals surface area contributed by atoms with Gasteiger partial charge in [0.1, 0.15) is 0 Å². The molecule has 1 aliphatic heterocycles. The van der Waals surface area contributed by atoms with Gasteiger partial charge in [0.2, 0.25) is 11.9 Å². The molecule has 11 nitrogen and oxygen atoms in total. The maximum atomic E-state index is 12.9. The molecular formula is C21H25F5N8O3. The largest absolute Gasteiger partial charge is 0.433 e. The number of amides is 1. The molecule has 0 aromatic carbocycles. The van der Waals surface area contributed by atoms with Gasteiger partial charge in [-0.05, 0) is 6.92 Å². The van der Waals surface area contributed by atoms with Crippen LogP contribution in [0.5, 0.6) is 0 Å². The number of carbonyl (C=O) groups is 1. The smallest absolute Gasteiger partial charge is 0.379 e. The molecule has 2 aromatic heterocycles. The molecule has 1 amide bonds. The zero-order valence-electron chi connectivity index (χ0n) is 19.7. The number of hydrogen-bond acceptors (Lipinski definition) is 9. The number of ether oxygens (including phenoxy) is 1. The second-order valence-corrected chi connectivity index (χ2v) is 8.22. The molecule has 1 fully saturated rings. The fraction of sp³-hybridized carbons (Fsp3) is 0.524. The van der Waals surface area contributed by atoms with Gasteiger partial charge < -0.3 is 19.9 Å². The molecular weight excluding hydrogens is 507 g/mol. The van der Waals surface area contributed by atoms with Crippen LogP contribution in [0.1, 0.15) is 30.9 Å². The van der Waals surface area contributed by atoms with Crippen LogP contribution in [0.4, 0.5) is 33.6 Å². The van der Waals surface area contributed by atoms with Gasteiger partial charge in [0.05, 0.1) is 42.6 Å². The van der Waals surface area contributed by atoms with Crippen LogP contribution in [0.25, 0.3) is 0 Å². The van der Waals surface area contributed by atoms with E-state index in [0.29, 0.717) is 32.1 Å². The molecule has 1 unspecified atom stereocenters. The summed E-state index contributed by atoms with van der Waals surface area (Å²) in [5, 5.41) is 15.3. The number of piperazine rings is 1. The maximum Gasteiger partial charge on any atom is 0.433 e. The minimum atomic E-state index is -5.01. The van der Waals surface area contributed by atoms with Gasteiger partial charge in [-0.25, -0.2) is 23.8 Å². The predicted octanol–water partition coefficient (Wildman–Crippen LogP) is 1.98. The summed E-state index contributed by atoms with van der Waals surface area (Å²) in [6, 6.07) is -0.557. The van der Waals surface area contributed by atoms with Crippen molar-refractivity contribution in [2.45, 2.75) is 32.0 Å². The highest BCUT2D eigenvalue weighted by Crippen LogP contribution is 2.24. The van der Waals surface area contributed by atoms with Crippen molar-refractivity contribution >= 4 is 23.3 Å². The van der Waals surface area contributed by atoms with Gasteiger partial charge in [0.25, 0.3) is 12.0 Å². The zero-order chi connectivity index (χ0) is 27.2. The lowest BCUT2D eigenvalue weighted by Gasteiger charge is -2.34. The summed E-state index contributed by atoms with van der Waals surface area (Å²) in [5.74, 6) is 0.152. The molecule has 1 saturated heterocycles. The van der Waals surface area contributed by atoms with E-state index in [-0.39, 0.29) is 36.8 Å². The first-order valence-corrected chi connectivity index (χ1v) is 11.2. The van der Waals surface area contributed by atoms with Crippen LogP contribution in [-0.2, 0) is 9.53 Å². The van der Waals surface area contributed by atoms with Gasteiger partial charge in [-0.3, -0.25) is 15.0 Å². The molecule has 0 bridgehead atoms. The van der Waals surface area contributed by atoms with E-state index in [9.17, 15) is 31.5 Å². The summed E-state index contributed by atoms with van der Waals surface area (Å²) in [6.45, 7) is 3.31. The second kappa shape index (κ2) is 12.0. The van der Waals surface area contributed by atoms with Gasteiger partial charge >= 0.3 is 6.18 Å². The Labute approximate surface area is 207 Å². The number of carbonyl (C=O) groups excluding carboxylic acids is 1. The van der Waals surface area contributed by atoms with Crippen LogP contribution < -0.4 is 15.8 Å². The monoisotopic (exact) mass is 532 g/mol. The molecule has 1 aliphatic rings. The number of hydrogen-bond donors (Lipinski definition) is 3. The van der Waals surface area contributed by atoms with Crippen molar-refractivity contribution < 1.29 is 31.5 Å². The number of aromatic amines is 1. The fourth-order valence-corrected chi connectivity index (χ4v) is 3.55. The number of aromatic nitrogens is 4. The molecule has 3 rings (SSSR count). The Morgan fingerprint density at radius 2 is 1.84 bits per heavy atom. The summed E-state index contributed by atoms with van der Waals surface area (Å²) in [5.41, 5.74) is -4.35. The van der Waals surface area contributed by atoms with Crippen molar-refractivity contribution in [2.24, 2.45) is 0 Å². The van der Waals surface area contributed by atoms with Crippen LogP contribution in [0.2, 0.25) is 0 Å².